The summed E-state index contributed by atoms with van der Waals surface area (Å²) in [5.41, 5.74) is 5.56. The van der Waals surface area contributed by atoms with Crippen LogP contribution in [-0.2, 0) is 998 Å². The smallest absolute Gasteiger partial charge is 0.476 e. The molecule has 2 aliphatic rings. The summed E-state index contributed by atoms with van der Waals surface area (Å²) >= 11 is 0. The number of hydrogen-bond donors (Lipinski definition) is 0. The number of aromatic nitrogens is 8. The molecule has 5 heterocycles. The first-order valence-electron chi connectivity index (χ1n) is 12.7. The molecule has 0 spiro atoms. The Balaban J connectivity index is -0.0000000369. The third kappa shape index (κ3) is 47.6. The Hall–Kier alpha value is 27.9. The van der Waals surface area contributed by atoms with Crippen molar-refractivity contribution in [1.29, 1.82) is 0 Å². The van der Waals surface area contributed by atoms with Crippen LogP contribution in [0.3, 0.4) is 0 Å². The van der Waals surface area contributed by atoms with E-state index in [1.54, 1.807) is 36.4 Å². The summed E-state index contributed by atoms with van der Waals surface area (Å²) < 4.78 is 0. The maximum Gasteiger partial charge on any atom is 2.00 e. The van der Waals surface area contributed by atoms with Crippen LogP contribution in [0.15, 0.2) is 48.5 Å². The molecular weight excluding hydrogens is 3240 g/mol. The summed E-state index contributed by atoms with van der Waals surface area (Å²) in [7, 11) is 0. The van der Waals surface area contributed by atoms with Gasteiger partial charge in [0, 0.05) is 987 Å². The summed E-state index contributed by atoms with van der Waals surface area (Å²) in [6.07, 6.45) is 0. The van der Waals surface area contributed by atoms with E-state index in [1.807, 2.05) is 19.1 Å². The zero-order valence-electron chi connectivity index (χ0n) is 38.8. The molecule has 8 nitrogen and oxygen atoms in total. The molecule has 0 fully saturated rings. The van der Waals surface area contributed by atoms with Crippen LogP contribution in [0.4, 0.5) is 0 Å². The first-order valence-corrected chi connectivity index (χ1v) is 12.7. The van der Waals surface area contributed by atoms with Gasteiger partial charge in [0.2, 0.25) is 0 Å². The van der Waals surface area contributed by atoms with Crippen LogP contribution in [0.25, 0.3) is 89.7 Å². The van der Waals surface area contributed by atoms with Crippen molar-refractivity contribution in [1.82, 2.24) is 39.9 Å². The van der Waals surface area contributed by atoms with Gasteiger partial charge in [-0.15, -0.1) is 51.9 Å². The van der Waals surface area contributed by atoms with Crippen LogP contribution in [-0.4, -0.2) is 29.9 Å². The molecule has 0 N–H and O–H groups in total. The van der Waals surface area contributed by atoms with Gasteiger partial charge in [0.1, 0.15) is 0 Å². The van der Waals surface area contributed by atoms with E-state index in [4.69, 9.17) is 39.9 Å². The first kappa shape index (κ1) is 165. The molecule has 4 aromatic carbocycles. The Kier molecular flexibility index (Phi) is 209. The second-order valence-electron chi connectivity index (χ2n) is 9.51. The van der Waals surface area contributed by atoms with Crippen LogP contribution < -0.4 is 9.97 Å². The van der Waals surface area contributed by atoms with Gasteiger partial charge < -0.3 is 39.9 Å². The molecule has 2 aliphatic heterocycles. The van der Waals surface area contributed by atoms with E-state index in [1.165, 1.54) is 0 Å². The van der Waals surface area contributed by atoms with Crippen molar-refractivity contribution in [3.8, 4) is 45.6 Å². The number of fused-ring (bicyclic) bond motifs is 20. The van der Waals surface area contributed by atoms with Gasteiger partial charge in [0.05, 0.1) is 0 Å². The van der Waals surface area contributed by atoms with Gasteiger partial charge in [-0.25, -0.2) is 105 Å². The standard InChI is InChI=1S/C33H11N8.Cu.30Y/c1-17-9-8-16-24-25(17)33-40-31-23-15-7-6-14-22(23)29(38-31)36-27-19-11-3-2-10-18(19)26(34-27)35-28-20-12-4-5-13-21(20)30(37-28)39-32(24)41-33;;;;;;;;;;;;;;;;;;;;;;;;;;;;;;;/h2-9H,1H3;;;;;;;;;;;;;;;;;;;;;;;;;;;;;;;/q-9;+2;;;;;;;;;;;;;;;;;;;;;;;;;;;;;;. The monoisotopic (exact) mass is 3250 g/mol. The van der Waals surface area contributed by atoms with Crippen molar-refractivity contribution >= 4 is 44.1 Å². The van der Waals surface area contributed by atoms with Crippen LogP contribution in [0.1, 0.15) is 5.56 Å². The second-order valence-corrected chi connectivity index (χ2v) is 9.51. The van der Waals surface area contributed by atoms with E-state index in [2.05, 4.69) is 42.5 Å². The van der Waals surface area contributed by atoms with Crippen molar-refractivity contribution in [2.75, 3.05) is 0 Å². The molecule has 0 atom stereocenters. The van der Waals surface area contributed by atoms with Crippen molar-refractivity contribution in [3.05, 3.63) is 96.6 Å². The SMILES string of the molecule is Cc1cc[c-]c2c1-c1nc-2nc2[n-]c(nc3nc(nc4[n-]c(n1)c1[c-]cc[c-]c41)-c1[c-]cc[c-]c1-3)c1[c-]cc[c-]c21.[Cu+2].[Y].[Y].[Y].[Y].[Y].[Y].[Y].[Y].[Y].[Y].[Y].[Y].[Y].[Y].[Y].[Y].[Y].[Y].[Y].[Y].[Y].[Y].[Y].[Y].[Y].[Y].[Y].[Y].[Y].[Y]. The van der Waals surface area contributed by atoms with Crippen molar-refractivity contribution < 1.29 is 998 Å². The Morgan fingerprint density at radius 1 is 0.278 bits per heavy atom. The molecule has 291 valence electrons. The van der Waals surface area contributed by atoms with Crippen molar-refractivity contribution in [2.24, 2.45) is 0 Å². The van der Waals surface area contributed by atoms with Gasteiger partial charge in [-0.3, -0.25) is 0 Å². The summed E-state index contributed by atoms with van der Waals surface area (Å²) in [6, 6.07) is 37.2. The van der Waals surface area contributed by atoms with Gasteiger partial charge in [0.15, 0.2) is 0 Å². The van der Waals surface area contributed by atoms with Crippen molar-refractivity contribution in [3.63, 3.8) is 0 Å². The number of hydrogen-bond acceptors (Lipinski definition) is 6. The average Bonchev–Trinajstić information content (AvgIpc) is 3.73. The topological polar surface area (TPSA) is 106 Å². The molecule has 39 heteroatoms. The van der Waals surface area contributed by atoms with Crippen LogP contribution in [0, 0.1) is 49.4 Å². The Bertz CT molecular complexity index is 2470. The Morgan fingerprint density at radius 2 is 0.500 bits per heavy atom. The van der Waals surface area contributed by atoms with E-state index >= 15 is 0 Å². The van der Waals surface area contributed by atoms with Gasteiger partial charge in [0.25, 0.3) is 0 Å². The molecule has 31 radical (unpaired) electrons. The maximum absolute atomic E-state index is 4.91. The van der Waals surface area contributed by atoms with E-state index in [0.717, 1.165) is 16.7 Å². The average molecular weight is 3250 g/mol. The summed E-state index contributed by atoms with van der Waals surface area (Å²) in [6.45, 7) is 2.01. The third-order valence-corrected chi connectivity index (χ3v) is 7.05. The molecular formula is C33H11CuN8Y30-7. The second kappa shape index (κ2) is 91.3. The predicted molar refractivity (Wildman–Crippen MR) is 151 cm³/mol. The van der Waals surface area contributed by atoms with Crippen LogP contribution >= 0.6 is 0 Å². The van der Waals surface area contributed by atoms with E-state index in [9.17, 15) is 0 Å². The largest absolute Gasteiger partial charge is 2.00 e. The molecule has 0 aliphatic carbocycles. The fourth-order valence-electron chi connectivity index (χ4n) is 5.21. The molecule has 0 unspecified atom stereocenters. The molecule has 3 aromatic heterocycles. The fourth-order valence-corrected chi connectivity index (χ4v) is 5.21. The predicted octanol–water partition coefficient (Wildman–Crippen LogP) is 4.96. The molecule has 9 rings (SSSR count). The number of nitrogens with zero attached hydrogens (tertiary/aromatic N) is 8. The minimum atomic E-state index is 0. The summed E-state index contributed by atoms with van der Waals surface area (Å²) in [4.78, 5) is 38.7. The third-order valence-electron chi connectivity index (χ3n) is 7.05. The zero-order chi connectivity index (χ0) is 27.1. The quantitative estimate of drug-likeness (QED) is 0.155. The molecule has 8 bridgehead atoms. The van der Waals surface area contributed by atoms with E-state index in [0.29, 0.717) is 78.6 Å². The Labute approximate surface area is 1190 Å². The molecule has 0 amide bonds. The summed E-state index contributed by atoms with van der Waals surface area (Å²) in [5, 5.41) is 2.70. The summed E-state index contributed by atoms with van der Waals surface area (Å²) in [5.74, 6) is 1.73. The first-order chi connectivity index (χ1) is 20.2. The molecule has 7 aromatic rings. The van der Waals surface area contributed by atoms with Crippen LogP contribution in [0.2, 0.25) is 0 Å². The maximum atomic E-state index is 4.91. The zero-order valence-corrected chi connectivity index (χ0v) is 125. The van der Waals surface area contributed by atoms with Crippen LogP contribution in [0.5, 0.6) is 0 Å². The van der Waals surface area contributed by atoms with E-state index < -0.39 is 0 Å². The van der Waals surface area contributed by atoms with Crippen molar-refractivity contribution in [2.45, 2.75) is 6.92 Å². The van der Waals surface area contributed by atoms with E-state index in [-0.39, 0.29) is 998 Å². The molecule has 72 heavy (non-hydrogen) atoms. The number of rotatable bonds is 0. The van der Waals surface area contributed by atoms with Gasteiger partial charge in [-0.05, 0) is 5.82 Å². The Morgan fingerprint density at radius 3 is 0.792 bits per heavy atom. The minimum absolute atomic E-state index is 0. The van der Waals surface area contributed by atoms with Gasteiger partial charge in [-0.1, -0.05) is 24.1 Å². The normalized spacial score (nSPS) is 6.85. The van der Waals surface area contributed by atoms with Gasteiger partial charge in [-0.2, -0.15) is 0 Å². The minimum Gasteiger partial charge on any atom is -0.476 e. The van der Waals surface area contributed by atoms with Gasteiger partial charge >= 0.3 is 17.1 Å². The number of aryl methyl sites for hydroxylation is 1. The molecule has 0 saturated heterocycles. The fraction of sp³-hybridized carbons (Fsp3) is 0.0303. The number of benzene rings is 4. The molecule has 0 saturated carbocycles.